The number of benzene rings is 2. The Morgan fingerprint density at radius 2 is 2.00 bits per heavy atom. The van der Waals surface area contributed by atoms with E-state index in [0.29, 0.717) is 10.2 Å². The minimum absolute atomic E-state index is 0.00301. The van der Waals surface area contributed by atoms with Gasteiger partial charge in [-0.25, -0.2) is 4.39 Å². The molecule has 20 heavy (non-hydrogen) atoms. The van der Waals surface area contributed by atoms with E-state index < -0.39 is 11.7 Å². The van der Waals surface area contributed by atoms with Crippen molar-refractivity contribution in [2.24, 2.45) is 0 Å². The third-order valence-electron chi connectivity index (χ3n) is 2.95. The predicted molar refractivity (Wildman–Crippen MR) is 80.8 cm³/mol. The van der Waals surface area contributed by atoms with Gasteiger partial charge < -0.3 is 11.1 Å². The van der Waals surface area contributed by atoms with Crippen LogP contribution in [0.4, 0.5) is 10.1 Å². The van der Waals surface area contributed by atoms with E-state index >= 15 is 0 Å². The van der Waals surface area contributed by atoms with Gasteiger partial charge in [-0.05, 0) is 52.7 Å². The van der Waals surface area contributed by atoms with Crippen molar-refractivity contribution in [2.75, 3.05) is 5.73 Å². The van der Waals surface area contributed by atoms with Crippen LogP contribution in [0.2, 0.25) is 0 Å². The van der Waals surface area contributed by atoms with Crippen molar-refractivity contribution in [1.29, 1.82) is 0 Å². The highest BCUT2D eigenvalue weighted by Crippen LogP contribution is 2.21. The molecule has 2 rings (SSSR count). The quantitative estimate of drug-likeness (QED) is 0.840. The number of hydrogen-bond donors (Lipinski definition) is 2. The standard InChI is InChI=1S/C15H14BrFN2O/c1-9(10-4-2-5-11(18)8-10)19-15(20)14-12(16)6-3-7-13(14)17/h2-9H,18H2,1H3,(H,19,20). The van der Waals surface area contributed by atoms with E-state index in [1.807, 2.05) is 19.1 Å². The van der Waals surface area contributed by atoms with Crippen molar-refractivity contribution in [3.8, 4) is 0 Å². The number of anilines is 1. The summed E-state index contributed by atoms with van der Waals surface area (Å²) in [5.74, 6) is -1.03. The molecule has 1 amide bonds. The summed E-state index contributed by atoms with van der Waals surface area (Å²) < 4.78 is 14.1. The Kier molecular flexibility index (Phi) is 4.39. The number of halogens is 2. The van der Waals surface area contributed by atoms with Crippen LogP contribution < -0.4 is 11.1 Å². The Morgan fingerprint density at radius 3 is 2.65 bits per heavy atom. The molecule has 2 aromatic rings. The van der Waals surface area contributed by atoms with Gasteiger partial charge in [0.1, 0.15) is 5.82 Å². The number of nitrogens with one attached hydrogen (secondary N) is 1. The Bertz CT molecular complexity index is 625. The van der Waals surface area contributed by atoms with E-state index in [-0.39, 0.29) is 11.6 Å². The summed E-state index contributed by atoms with van der Waals surface area (Å²) >= 11 is 3.18. The van der Waals surface area contributed by atoms with Gasteiger partial charge in [0.05, 0.1) is 11.6 Å². The fraction of sp³-hybridized carbons (Fsp3) is 0.133. The van der Waals surface area contributed by atoms with Crippen molar-refractivity contribution in [2.45, 2.75) is 13.0 Å². The van der Waals surface area contributed by atoms with Gasteiger partial charge in [-0.3, -0.25) is 4.79 Å². The molecule has 0 saturated carbocycles. The van der Waals surface area contributed by atoms with Crippen LogP contribution in [-0.4, -0.2) is 5.91 Å². The summed E-state index contributed by atoms with van der Waals surface area (Å²) in [6, 6.07) is 11.4. The Balaban J connectivity index is 2.20. The molecular formula is C15H14BrFN2O. The summed E-state index contributed by atoms with van der Waals surface area (Å²) in [6.45, 7) is 1.82. The first-order valence-electron chi connectivity index (χ1n) is 6.09. The molecule has 0 heterocycles. The Hall–Kier alpha value is -1.88. The maximum absolute atomic E-state index is 13.7. The molecule has 5 heteroatoms. The number of amides is 1. The van der Waals surface area contributed by atoms with Crippen molar-refractivity contribution in [3.05, 3.63) is 63.9 Å². The summed E-state index contributed by atoms with van der Waals surface area (Å²) in [4.78, 5) is 12.1. The van der Waals surface area contributed by atoms with E-state index in [4.69, 9.17) is 5.73 Å². The average molecular weight is 337 g/mol. The molecule has 0 saturated heterocycles. The van der Waals surface area contributed by atoms with Gasteiger partial charge in [0.25, 0.3) is 5.91 Å². The molecule has 0 radical (unpaired) electrons. The van der Waals surface area contributed by atoms with Gasteiger partial charge in [0.15, 0.2) is 0 Å². The number of rotatable bonds is 3. The largest absolute Gasteiger partial charge is 0.399 e. The van der Waals surface area contributed by atoms with E-state index in [1.54, 1.807) is 18.2 Å². The van der Waals surface area contributed by atoms with Crippen LogP contribution in [0.15, 0.2) is 46.9 Å². The van der Waals surface area contributed by atoms with Gasteiger partial charge in [0, 0.05) is 10.2 Å². The molecular weight excluding hydrogens is 323 g/mol. The second kappa shape index (κ2) is 6.05. The molecule has 2 aromatic carbocycles. The van der Waals surface area contributed by atoms with Gasteiger partial charge in [0.2, 0.25) is 0 Å². The molecule has 3 nitrogen and oxygen atoms in total. The molecule has 0 aliphatic rings. The lowest BCUT2D eigenvalue weighted by molar-refractivity contribution is 0.0935. The summed E-state index contributed by atoms with van der Waals surface area (Å²) in [5, 5.41) is 2.76. The number of nitrogens with two attached hydrogens (primary N) is 1. The normalized spacial score (nSPS) is 11.9. The van der Waals surface area contributed by atoms with Crippen LogP contribution in [0, 0.1) is 5.82 Å². The highest BCUT2D eigenvalue weighted by Gasteiger charge is 2.17. The highest BCUT2D eigenvalue weighted by atomic mass is 79.9. The fourth-order valence-corrected chi connectivity index (χ4v) is 2.42. The van der Waals surface area contributed by atoms with Gasteiger partial charge in [-0.15, -0.1) is 0 Å². The lowest BCUT2D eigenvalue weighted by Gasteiger charge is -2.15. The summed E-state index contributed by atoms with van der Waals surface area (Å²) in [6.07, 6.45) is 0. The van der Waals surface area contributed by atoms with Gasteiger partial charge >= 0.3 is 0 Å². The number of hydrogen-bond acceptors (Lipinski definition) is 2. The molecule has 1 unspecified atom stereocenters. The van der Waals surface area contributed by atoms with Crippen molar-refractivity contribution >= 4 is 27.5 Å². The first-order chi connectivity index (χ1) is 9.49. The first-order valence-corrected chi connectivity index (χ1v) is 6.88. The lowest BCUT2D eigenvalue weighted by Crippen LogP contribution is -2.27. The van der Waals surface area contributed by atoms with E-state index in [2.05, 4.69) is 21.2 Å². The second-order valence-electron chi connectivity index (χ2n) is 4.46. The number of carbonyl (C=O) groups is 1. The zero-order valence-electron chi connectivity index (χ0n) is 10.9. The van der Waals surface area contributed by atoms with Crippen molar-refractivity contribution in [3.63, 3.8) is 0 Å². The zero-order valence-corrected chi connectivity index (χ0v) is 12.4. The molecule has 3 N–H and O–H groups in total. The second-order valence-corrected chi connectivity index (χ2v) is 5.32. The molecule has 1 atom stereocenters. The van der Waals surface area contributed by atoms with Crippen molar-refractivity contribution < 1.29 is 9.18 Å². The molecule has 104 valence electrons. The van der Waals surface area contributed by atoms with Crippen LogP contribution in [-0.2, 0) is 0 Å². The molecule has 0 bridgehead atoms. The van der Waals surface area contributed by atoms with E-state index in [9.17, 15) is 9.18 Å². The van der Waals surface area contributed by atoms with Crippen LogP contribution >= 0.6 is 15.9 Å². The van der Waals surface area contributed by atoms with Crippen LogP contribution in [0.25, 0.3) is 0 Å². The molecule has 0 spiro atoms. The fourth-order valence-electron chi connectivity index (χ4n) is 1.90. The van der Waals surface area contributed by atoms with Crippen LogP contribution in [0.1, 0.15) is 28.9 Å². The van der Waals surface area contributed by atoms with Gasteiger partial charge in [-0.1, -0.05) is 18.2 Å². The summed E-state index contributed by atoms with van der Waals surface area (Å²) in [7, 11) is 0. The molecule has 0 aliphatic heterocycles. The molecule has 0 aromatic heterocycles. The minimum Gasteiger partial charge on any atom is -0.399 e. The molecule has 0 aliphatic carbocycles. The first kappa shape index (κ1) is 14.5. The molecule has 0 fully saturated rings. The summed E-state index contributed by atoms with van der Waals surface area (Å²) in [5.41, 5.74) is 7.20. The zero-order chi connectivity index (χ0) is 14.7. The Morgan fingerprint density at radius 1 is 1.30 bits per heavy atom. The lowest BCUT2D eigenvalue weighted by atomic mass is 10.1. The third kappa shape index (κ3) is 3.17. The van der Waals surface area contributed by atoms with Crippen LogP contribution in [0.3, 0.4) is 0 Å². The number of nitrogen functional groups attached to an aromatic ring is 1. The van der Waals surface area contributed by atoms with E-state index in [0.717, 1.165) is 5.56 Å². The smallest absolute Gasteiger partial charge is 0.255 e. The topological polar surface area (TPSA) is 55.1 Å². The van der Waals surface area contributed by atoms with E-state index in [1.165, 1.54) is 12.1 Å². The maximum Gasteiger partial charge on any atom is 0.255 e. The van der Waals surface area contributed by atoms with Crippen LogP contribution in [0.5, 0.6) is 0 Å². The Labute approximate surface area is 125 Å². The highest BCUT2D eigenvalue weighted by molar-refractivity contribution is 9.10. The predicted octanol–water partition coefficient (Wildman–Crippen LogP) is 3.66. The monoisotopic (exact) mass is 336 g/mol. The SMILES string of the molecule is CC(NC(=O)c1c(F)cccc1Br)c1cccc(N)c1. The minimum atomic E-state index is -0.559. The third-order valence-corrected chi connectivity index (χ3v) is 3.61. The van der Waals surface area contributed by atoms with Gasteiger partial charge in [-0.2, -0.15) is 0 Å². The number of carbonyl (C=O) groups excluding carboxylic acids is 1. The average Bonchev–Trinajstić information content (AvgIpc) is 2.38. The maximum atomic E-state index is 13.7. The van der Waals surface area contributed by atoms with Crippen molar-refractivity contribution in [1.82, 2.24) is 5.32 Å².